The van der Waals surface area contributed by atoms with Gasteiger partial charge in [0.1, 0.15) is 5.69 Å². The number of rotatable bonds is 8. The van der Waals surface area contributed by atoms with Crippen molar-refractivity contribution >= 4 is 17.1 Å². The first kappa shape index (κ1) is 14.8. The highest BCUT2D eigenvalue weighted by Crippen LogP contribution is 2.28. The third-order valence-corrected chi connectivity index (χ3v) is 2.58. The van der Waals surface area contributed by atoms with Gasteiger partial charge in [-0.15, -0.1) is 0 Å². The van der Waals surface area contributed by atoms with Crippen molar-refractivity contribution in [3.63, 3.8) is 0 Å². The molecule has 0 unspecified atom stereocenters. The first-order valence-electron chi connectivity index (χ1n) is 5.93. The summed E-state index contributed by atoms with van der Waals surface area (Å²) in [4.78, 5) is 20.3. The topological polar surface area (TPSA) is 124 Å². The van der Waals surface area contributed by atoms with E-state index in [4.69, 9.17) is 5.73 Å². The Hall–Kier alpha value is -2.22. The Bertz CT molecular complexity index is 464. The number of unbranched alkanes of at least 4 members (excludes halogenated alkanes) is 2. The third kappa shape index (κ3) is 4.51. The van der Waals surface area contributed by atoms with Gasteiger partial charge < -0.3 is 11.1 Å². The maximum absolute atomic E-state index is 10.8. The first-order chi connectivity index (χ1) is 9.06. The number of non-ortho nitro benzene ring substituents is 1. The highest BCUT2D eigenvalue weighted by molar-refractivity contribution is 5.65. The molecule has 3 N–H and O–H groups in total. The van der Waals surface area contributed by atoms with E-state index in [0.717, 1.165) is 31.4 Å². The molecule has 0 bridgehead atoms. The Balaban J connectivity index is 2.74. The number of benzene rings is 1. The molecule has 0 amide bonds. The molecular weight excluding hydrogens is 252 g/mol. The van der Waals surface area contributed by atoms with E-state index in [1.165, 1.54) is 6.07 Å². The molecule has 0 saturated heterocycles. The minimum absolute atomic E-state index is 0.163. The van der Waals surface area contributed by atoms with Crippen molar-refractivity contribution in [1.82, 2.24) is 0 Å². The minimum atomic E-state index is -0.580. The molecule has 0 aliphatic rings. The third-order valence-electron chi connectivity index (χ3n) is 2.58. The minimum Gasteiger partial charge on any atom is -0.379 e. The van der Waals surface area contributed by atoms with Crippen LogP contribution in [0.2, 0.25) is 0 Å². The zero-order valence-corrected chi connectivity index (χ0v) is 10.4. The van der Waals surface area contributed by atoms with Crippen LogP contribution in [0.25, 0.3) is 0 Å². The zero-order valence-electron chi connectivity index (χ0n) is 10.4. The highest BCUT2D eigenvalue weighted by Gasteiger charge is 2.17. The summed E-state index contributed by atoms with van der Waals surface area (Å²) < 4.78 is 0. The quantitative estimate of drug-likeness (QED) is 0.422. The van der Waals surface area contributed by atoms with Gasteiger partial charge in [-0.05, 0) is 19.4 Å². The van der Waals surface area contributed by atoms with Crippen molar-refractivity contribution in [2.45, 2.75) is 19.3 Å². The molecule has 1 rings (SSSR count). The van der Waals surface area contributed by atoms with E-state index < -0.39 is 9.85 Å². The SMILES string of the molecule is NCCCCCNc1cc([N+](=O)[O-])ccc1[N+](=O)[O-]. The Kier molecular flexibility index (Phi) is 5.68. The zero-order chi connectivity index (χ0) is 14.3. The molecule has 19 heavy (non-hydrogen) atoms. The van der Waals surface area contributed by atoms with Crippen molar-refractivity contribution in [2.24, 2.45) is 5.73 Å². The summed E-state index contributed by atoms with van der Waals surface area (Å²) in [6.45, 7) is 1.12. The molecule has 0 saturated carbocycles. The number of nitro benzene ring substituents is 2. The van der Waals surface area contributed by atoms with Gasteiger partial charge in [0.15, 0.2) is 0 Å². The van der Waals surface area contributed by atoms with Gasteiger partial charge in [0.2, 0.25) is 0 Å². The standard InChI is InChI=1S/C11H16N4O4/c12-6-2-1-3-7-13-10-8-9(14(16)17)4-5-11(10)15(18)19/h4-5,8,13H,1-3,6-7,12H2. The summed E-state index contributed by atoms with van der Waals surface area (Å²) >= 11 is 0. The molecular formula is C11H16N4O4. The Morgan fingerprint density at radius 2 is 1.84 bits per heavy atom. The lowest BCUT2D eigenvalue weighted by Crippen LogP contribution is -2.06. The predicted octanol–water partition coefficient (Wildman–Crippen LogP) is 2.04. The van der Waals surface area contributed by atoms with Crippen molar-refractivity contribution in [2.75, 3.05) is 18.4 Å². The average Bonchev–Trinajstić information content (AvgIpc) is 2.38. The number of nitrogens with zero attached hydrogens (tertiary/aromatic N) is 2. The van der Waals surface area contributed by atoms with Crippen molar-refractivity contribution in [1.29, 1.82) is 0 Å². The van der Waals surface area contributed by atoms with E-state index in [1.54, 1.807) is 0 Å². The normalized spacial score (nSPS) is 10.2. The van der Waals surface area contributed by atoms with E-state index >= 15 is 0 Å². The lowest BCUT2D eigenvalue weighted by Gasteiger charge is -2.06. The lowest BCUT2D eigenvalue weighted by atomic mass is 10.2. The molecule has 0 aliphatic heterocycles. The van der Waals surface area contributed by atoms with Crippen LogP contribution in [0.5, 0.6) is 0 Å². The molecule has 0 heterocycles. The van der Waals surface area contributed by atoms with Crippen molar-refractivity contribution in [3.05, 3.63) is 38.4 Å². The van der Waals surface area contributed by atoms with Crippen LogP contribution < -0.4 is 11.1 Å². The Morgan fingerprint density at radius 1 is 1.11 bits per heavy atom. The van der Waals surface area contributed by atoms with Crippen molar-refractivity contribution < 1.29 is 9.85 Å². The number of nitrogens with one attached hydrogen (secondary N) is 1. The molecule has 0 atom stereocenters. The van der Waals surface area contributed by atoms with E-state index in [9.17, 15) is 20.2 Å². The van der Waals surface area contributed by atoms with Gasteiger partial charge in [-0.2, -0.15) is 0 Å². The van der Waals surface area contributed by atoms with E-state index in [-0.39, 0.29) is 17.1 Å². The molecule has 8 heteroatoms. The summed E-state index contributed by atoms with van der Waals surface area (Å²) in [5, 5.41) is 24.3. The fraction of sp³-hybridized carbons (Fsp3) is 0.455. The number of hydrogen-bond acceptors (Lipinski definition) is 6. The largest absolute Gasteiger partial charge is 0.379 e. The number of hydrogen-bond donors (Lipinski definition) is 2. The molecule has 0 aromatic heterocycles. The summed E-state index contributed by atoms with van der Waals surface area (Å²) in [5.41, 5.74) is 5.19. The first-order valence-corrected chi connectivity index (χ1v) is 5.93. The average molecular weight is 268 g/mol. The van der Waals surface area contributed by atoms with Gasteiger partial charge >= 0.3 is 0 Å². The number of nitro groups is 2. The Labute approximate surface area is 109 Å². The fourth-order valence-corrected chi connectivity index (χ4v) is 1.61. The number of anilines is 1. The number of nitrogens with two attached hydrogens (primary N) is 1. The molecule has 0 fully saturated rings. The van der Waals surface area contributed by atoms with Gasteiger partial charge in [0.25, 0.3) is 11.4 Å². The van der Waals surface area contributed by atoms with Gasteiger partial charge in [-0.25, -0.2) is 0 Å². The smallest absolute Gasteiger partial charge is 0.292 e. The second-order valence-electron chi connectivity index (χ2n) is 3.99. The fourth-order valence-electron chi connectivity index (χ4n) is 1.61. The maximum Gasteiger partial charge on any atom is 0.292 e. The lowest BCUT2D eigenvalue weighted by molar-refractivity contribution is -0.388. The molecule has 0 radical (unpaired) electrons. The Morgan fingerprint density at radius 3 is 2.42 bits per heavy atom. The maximum atomic E-state index is 10.8. The van der Waals surface area contributed by atoms with E-state index in [0.29, 0.717) is 13.1 Å². The predicted molar refractivity (Wildman–Crippen MR) is 71.1 cm³/mol. The molecule has 104 valence electrons. The molecule has 8 nitrogen and oxygen atoms in total. The van der Waals surface area contributed by atoms with Crippen LogP contribution in [0.15, 0.2) is 18.2 Å². The van der Waals surface area contributed by atoms with Crippen LogP contribution in [0, 0.1) is 20.2 Å². The molecule has 0 spiro atoms. The van der Waals surface area contributed by atoms with Gasteiger partial charge in [-0.3, -0.25) is 20.2 Å². The van der Waals surface area contributed by atoms with Crippen molar-refractivity contribution in [3.8, 4) is 0 Å². The second-order valence-corrected chi connectivity index (χ2v) is 3.99. The van der Waals surface area contributed by atoms with Crippen LogP contribution in [-0.2, 0) is 0 Å². The van der Waals surface area contributed by atoms with E-state index in [2.05, 4.69) is 5.32 Å². The van der Waals surface area contributed by atoms with Crippen LogP contribution in [-0.4, -0.2) is 22.9 Å². The molecule has 1 aromatic rings. The van der Waals surface area contributed by atoms with Gasteiger partial charge in [0, 0.05) is 24.7 Å². The van der Waals surface area contributed by atoms with Crippen LogP contribution in [0.1, 0.15) is 19.3 Å². The second kappa shape index (κ2) is 7.27. The van der Waals surface area contributed by atoms with Gasteiger partial charge in [-0.1, -0.05) is 6.42 Å². The monoisotopic (exact) mass is 268 g/mol. The van der Waals surface area contributed by atoms with E-state index in [1.807, 2.05) is 0 Å². The summed E-state index contributed by atoms with van der Waals surface area (Å²) in [6, 6.07) is 3.44. The van der Waals surface area contributed by atoms with Crippen LogP contribution >= 0.6 is 0 Å². The van der Waals surface area contributed by atoms with Gasteiger partial charge in [0.05, 0.1) is 9.85 Å². The van der Waals surface area contributed by atoms with Crippen LogP contribution in [0.3, 0.4) is 0 Å². The summed E-state index contributed by atoms with van der Waals surface area (Å²) in [6.07, 6.45) is 2.60. The molecule has 1 aromatic carbocycles. The highest BCUT2D eigenvalue weighted by atomic mass is 16.6. The summed E-state index contributed by atoms with van der Waals surface area (Å²) in [7, 11) is 0. The summed E-state index contributed by atoms with van der Waals surface area (Å²) in [5.74, 6) is 0. The molecule has 0 aliphatic carbocycles. The van der Waals surface area contributed by atoms with Crippen LogP contribution in [0.4, 0.5) is 17.1 Å².